The van der Waals surface area contributed by atoms with E-state index >= 15 is 0 Å². The Hall–Kier alpha value is -0.120. The Bertz CT molecular complexity index is 28.9. The van der Waals surface area contributed by atoms with E-state index < -0.39 is 0 Å². The van der Waals surface area contributed by atoms with Crippen molar-refractivity contribution in [1.29, 1.82) is 0 Å². The van der Waals surface area contributed by atoms with Crippen molar-refractivity contribution < 1.29 is 9.94 Å². The van der Waals surface area contributed by atoms with Gasteiger partial charge in [-0.3, -0.25) is 5.21 Å². The Morgan fingerprint density at radius 2 is 2.43 bits per heavy atom. The molecule has 0 aromatic heterocycles. The zero-order chi connectivity index (χ0) is 5.54. The van der Waals surface area contributed by atoms with Gasteiger partial charge in [0.2, 0.25) is 0 Å². The van der Waals surface area contributed by atoms with E-state index in [9.17, 15) is 0 Å². The molecule has 0 atom stereocenters. The van der Waals surface area contributed by atoms with Gasteiger partial charge in [-0.2, -0.15) is 0 Å². The maximum absolute atomic E-state index is 7.84. The molecule has 0 spiro atoms. The summed E-state index contributed by atoms with van der Waals surface area (Å²) in [6, 6.07) is 0. The minimum absolute atomic E-state index is 0.383. The molecule has 0 aliphatic rings. The summed E-state index contributed by atoms with van der Waals surface area (Å²) >= 11 is 0. The highest BCUT2D eigenvalue weighted by atomic mass is 16.5. The summed E-state index contributed by atoms with van der Waals surface area (Å²) in [5.41, 5.74) is 2.85. The van der Waals surface area contributed by atoms with Crippen LogP contribution in [-0.2, 0) is 4.74 Å². The van der Waals surface area contributed by atoms with Gasteiger partial charge in [0.1, 0.15) is 0 Å². The van der Waals surface area contributed by atoms with E-state index in [4.69, 9.17) is 9.94 Å². The van der Waals surface area contributed by atoms with Crippen molar-refractivity contribution in [2.75, 3.05) is 19.8 Å². The Labute approximate surface area is 43.2 Å². The summed E-state index contributed by atoms with van der Waals surface area (Å²) in [6.45, 7) is 3.49. The van der Waals surface area contributed by atoms with Crippen LogP contribution in [0.1, 0.15) is 6.92 Å². The summed E-state index contributed by atoms with van der Waals surface area (Å²) in [4.78, 5) is 0. The molecule has 7 heavy (non-hydrogen) atoms. The molecule has 0 saturated heterocycles. The van der Waals surface area contributed by atoms with E-state index in [2.05, 4.69) is 5.48 Å². The van der Waals surface area contributed by atoms with Crippen LogP contribution in [0.3, 0.4) is 0 Å². The van der Waals surface area contributed by atoms with Crippen LogP contribution in [0.5, 0.6) is 0 Å². The van der Waals surface area contributed by atoms with Gasteiger partial charge in [-0.25, -0.2) is 0 Å². The Balaban J connectivity index is 2.45. The third-order valence-electron chi connectivity index (χ3n) is 0.540. The molecular weight excluding hydrogens is 94.0 g/mol. The van der Waals surface area contributed by atoms with Crippen LogP contribution in [-0.4, -0.2) is 25.0 Å². The summed E-state index contributed by atoms with van der Waals surface area (Å²) in [7, 11) is 0. The van der Waals surface area contributed by atoms with E-state index in [1.165, 1.54) is 0 Å². The molecule has 0 aromatic rings. The highest BCUT2D eigenvalue weighted by Crippen LogP contribution is 1.68. The molecule has 0 aromatic carbocycles. The van der Waals surface area contributed by atoms with Crippen LogP contribution in [0.2, 0.25) is 0 Å². The van der Waals surface area contributed by atoms with Gasteiger partial charge in [-0.15, -0.1) is 0 Å². The maximum Gasteiger partial charge on any atom is 0.0658 e. The number of ether oxygens (including phenoxy) is 1. The maximum atomic E-state index is 7.84. The molecule has 0 amide bonds. The van der Waals surface area contributed by atoms with Crippen molar-refractivity contribution in [3.8, 4) is 0 Å². The van der Waals surface area contributed by atoms with Gasteiger partial charge < -0.3 is 4.74 Å². The zero-order valence-electron chi connectivity index (χ0n) is 4.42. The topological polar surface area (TPSA) is 43.6 Å². The van der Waals surface area contributed by atoms with Crippen molar-refractivity contribution in [1.82, 2.24) is 5.48 Å². The largest absolute Gasteiger partial charge is 0.380 e. The number of nitrogens with zero attached hydrogens (tertiary/aromatic N) is 1. The quantitative estimate of drug-likeness (QED) is 0.403. The predicted molar refractivity (Wildman–Crippen MR) is 25.3 cm³/mol. The summed E-state index contributed by atoms with van der Waals surface area (Å²) in [5, 5.41) is 7.84. The van der Waals surface area contributed by atoms with Crippen molar-refractivity contribution >= 4 is 0 Å². The molecule has 3 nitrogen and oxygen atoms in total. The SMILES string of the molecule is CCOCC[N]O. The smallest absolute Gasteiger partial charge is 0.0658 e. The summed E-state index contributed by atoms with van der Waals surface area (Å²) in [5.74, 6) is 0. The van der Waals surface area contributed by atoms with Crippen LogP contribution in [0.15, 0.2) is 0 Å². The summed E-state index contributed by atoms with van der Waals surface area (Å²) in [6.07, 6.45) is 0. The lowest BCUT2D eigenvalue weighted by molar-refractivity contribution is 0.0916. The average molecular weight is 104 g/mol. The molecule has 0 rings (SSSR count). The monoisotopic (exact) mass is 104 g/mol. The van der Waals surface area contributed by atoms with Gasteiger partial charge in [0.25, 0.3) is 0 Å². The van der Waals surface area contributed by atoms with Gasteiger partial charge in [-0.1, -0.05) is 5.48 Å². The van der Waals surface area contributed by atoms with E-state index in [-0.39, 0.29) is 0 Å². The van der Waals surface area contributed by atoms with E-state index in [0.717, 1.165) is 0 Å². The standard InChI is InChI=1S/C4H10NO2/c1-2-7-4-3-5-6/h6H,2-4H2,1H3. The fourth-order valence-corrected chi connectivity index (χ4v) is 0.250. The lowest BCUT2D eigenvalue weighted by atomic mass is 10.7. The molecule has 0 aliphatic carbocycles. The zero-order valence-corrected chi connectivity index (χ0v) is 4.42. The Morgan fingerprint density at radius 1 is 1.71 bits per heavy atom. The molecule has 43 valence electrons. The molecule has 0 heterocycles. The molecule has 3 heteroatoms. The molecule has 1 N–H and O–H groups in total. The van der Waals surface area contributed by atoms with Crippen LogP contribution >= 0.6 is 0 Å². The second kappa shape index (κ2) is 5.88. The van der Waals surface area contributed by atoms with Crippen LogP contribution in [0.4, 0.5) is 0 Å². The molecular formula is C4H10NO2. The second-order valence-corrected chi connectivity index (χ2v) is 1.06. The van der Waals surface area contributed by atoms with Crippen LogP contribution in [0.25, 0.3) is 0 Å². The molecule has 0 aliphatic heterocycles. The molecule has 0 bridgehead atoms. The molecule has 0 unspecified atom stereocenters. The molecule has 1 radical (unpaired) electrons. The van der Waals surface area contributed by atoms with Gasteiger partial charge >= 0.3 is 0 Å². The fourth-order valence-electron chi connectivity index (χ4n) is 0.250. The van der Waals surface area contributed by atoms with E-state index in [0.29, 0.717) is 19.8 Å². The van der Waals surface area contributed by atoms with Gasteiger partial charge in [0.05, 0.1) is 13.2 Å². The van der Waals surface area contributed by atoms with E-state index in [1.54, 1.807) is 0 Å². The fraction of sp³-hybridized carbons (Fsp3) is 1.00. The molecule has 0 saturated carbocycles. The minimum Gasteiger partial charge on any atom is -0.380 e. The first-order valence-corrected chi connectivity index (χ1v) is 2.30. The van der Waals surface area contributed by atoms with Gasteiger partial charge in [0.15, 0.2) is 0 Å². The van der Waals surface area contributed by atoms with Crippen molar-refractivity contribution in [2.24, 2.45) is 0 Å². The van der Waals surface area contributed by atoms with Crippen LogP contribution < -0.4 is 5.48 Å². The Morgan fingerprint density at radius 3 is 2.86 bits per heavy atom. The highest BCUT2D eigenvalue weighted by Gasteiger charge is 1.80. The Kier molecular flexibility index (Phi) is 5.78. The number of hydrogen-bond donors (Lipinski definition) is 1. The number of hydrogen-bond acceptors (Lipinski definition) is 2. The lowest BCUT2D eigenvalue weighted by Gasteiger charge is -1.93. The third-order valence-corrected chi connectivity index (χ3v) is 0.540. The minimum atomic E-state index is 0.383. The average Bonchev–Trinajstić information content (AvgIpc) is 1.69. The molecule has 0 fully saturated rings. The third kappa shape index (κ3) is 5.88. The number of hydroxylamine groups is 1. The summed E-state index contributed by atoms with van der Waals surface area (Å²) < 4.78 is 4.82. The van der Waals surface area contributed by atoms with Crippen molar-refractivity contribution in [3.63, 3.8) is 0 Å². The van der Waals surface area contributed by atoms with Gasteiger partial charge in [-0.05, 0) is 6.92 Å². The van der Waals surface area contributed by atoms with Crippen molar-refractivity contribution in [2.45, 2.75) is 6.92 Å². The first-order valence-electron chi connectivity index (χ1n) is 2.30. The first-order chi connectivity index (χ1) is 3.41. The van der Waals surface area contributed by atoms with Gasteiger partial charge in [0, 0.05) is 6.61 Å². The van der Waals surface area contributed by atoms with Crippen molar-refractivity contribution in [3.05, 3.63) is 0 Å². The number of rotatable bonds is 4. The highest BCUT2D eigenvalue weighted by molar-refractivity contribution is 4.26. The predicted octanol–water partition coefficient (Wildman–Crippen LogP) is 0.0165. The second-order valence-electron chi connectivity index (χ2n) is 1.06. The lowest BCUT2D eigenvalue weighted by Crippen LogP contribution is -2.07. The normalized spacial score (nSPS) is 9.43. The first kappa shape index (κ1) is 6.88. The van der Waals surface area contributed by atoms with Crippen LogP contribution in [0, 0.1) is 0 Å². The van der Waals surface area contributed by atoms with E-state index in [1.807, 2.05) is 6.92 Å².